The molecule has 86 valence electrons. The fourth-order valence-corrected chi connectivity index (χ4v) is 1.73. The molecule has 1 aromatic rings. The van der Waals surface area contributed by atoms with Gasteiger partial charge in [-0.15, -0.1) is 0 Å². The summed E-state index contributed by atoms with van der Waals surface area (Å²) in [5.41, 5.74) is 1.86. The number of ketones is 1. The van der Waals surface area contributed by atoms with Crippen molar-refractivity contribution in [3.05, 3.63) is 28.8 Å². The smallest absolute Gasteiger partial charge is 0.303 e. The Labute approximate surface area is 93.5 Å². The molecule has 1 rings (SSSR count). The molecule has 16 heavy (non-hydrogen) atoms. The Kier molecular flexibility index (Phi) is 3.66. The molecule has 1 aromatic carbocycles. The molecule has 0 heterocycles. The van der Waals surface area contributed by atoms with Crippen LogP contribution in [0.1, 0.15) is 34.3 Å². The zero-order chi connectivity index (χ0) is 12.3. The van der Waals surface area contributed by atoms with Crippen molar-refractivity contribution in [2.24, 2.45) is 0 Å². The van der Waals surface area contributed by atoms with Crippen LogP contribution in [0.15, 0.2) is 12.1 Å². The van der Waals surface area contributed by atoms with Crippen molar-refractivity contribution in [3.63, 3.8) is 0 Å². The monoisotopic (exact) mass is 222 g/mol. The lowest BCUT2D eigenvalue weighted by atomic mass is 9.96. The number of benzene rings is 1. The first-order chi connectivity index (χ1) is 7.41. The fraction of sp³-hybridized carbons (Fsp3) is 0.333. The Balaban J connectivity index is 2.95. The van der Waals surface area contributed by atoms with Gasteiger partial charge in [-0.2, -0.15) is 0 Å². The molecule has 0 spiro atoms. The quantitative estimate of drug-likeness (QED) is 0.764. The van der Waals surface area contributed by atoms with E-state index in [0.29, 0.717) is 16.7 Å². The number of carbonyl (C=O) groups excluding carboxylic acids is 1. The molecule has 4 heteroatoms. The number of carbonyl (C=O) groups is 2. The molecule has 0 amide bonds. The fourth-order valence-electron chi connectivity index (χ4n) is 1.73. The van der Waals surface area contributed by atoms with Gasteiger partial charge in [-0.25, -0.2) is 0 Å². The highest BCUT2D eigenvalue weighted by molar-refractivity contribution is 6.00. The first kappa shape index (κ1) is 12.2. The maximum Gasteiger partial charge on any atom is 0.303 e. The van der Waals surface area contributed by atoms with Gasteiger partial charge < -0.3 is 10.2 Å². The van der Waals surface area contributed by atoms with E-state index in [1.54, 1.807) is 13.8 Å². The summed E-state index contributed by atoms with van der Waals surface area (Å²) in [6.07, 6.45) is -0.180. The maximum absolute atomic E-state index is 11.8. The molecule has 0 aromatic heterocycles. The summed E-state index contributed by atoms with van der Waals surface area (Å²) in [6.45, 7) is 3.45. The van der Waals surface area contributed by atoms with E-state index in [0.717, 1.165) is 0 Å². The van der Waals surface area contributed by atoms with Crippen LogP contribution < -0.4 is 0 Å². The van der Waals surface area contributed by atoms with E-state index in [2.05, 4.69) is 0 Å². The normalized spacial score (nSPS) is 10.1. The standard InChI is InChI=1S/C12H14O4/c1-7-5-9(13)6-8(2)12(7)10(14)3-4-11(15)16/h5-6,13H,3-4H2,1-2H3,(H,15,16). The van der Waals surface area contributed by atoms with Gasteiger partial charge in [0.1, 0.15) is 5.75 Å². The number of aryl methyl sites for hydroxylation is 2. The lowest BCUT2D eigenvalue weighted by Gasteiger charge is -2.08. The number of hydrogen-bond acceptors (Lipinski definition) is 3. The molecular formula is C12H14O4. The molecule has 0 saturated carbocycles. The van der Waals surface area contributed by atoms with Crippen LogP contribution in [0.2, 0.25) is 0 Å². The molecular weight excluding hydrogens is 208 g/mol. The number of phenols is 1. The zero-order valence-corrected chi connectivity index (χ0v) is 9.28. The number of aliphatic carboxylic acids is 1. The number of carboxylic acids is 1. The van der Waals surface area contributed by atoms with Gasteiger partial charge in [0, 0.05) is 12.0 Å². The van der Waals surface area contributed by atoms with Crippen LogP contribution in [0, 0.1) is 13.8 Å². The number of aromatic hydroxyl groups is 1. The minimum atomic E-state index is -0.984. The van der Waals surface area contributed by atoms with Gasteiger partial charge in [-0.3, -0.25) is 9.59 Å². The van der Waals surface area contributed by atoms with E-state index in [1.807, 2.05) is 0 Å². The molecule has 0 fully saturated rings. The third kappa shape index (κ3) is 2.82. The van der Waals surface area contributed by atoms with E-state index in [4.69, 9.17) is 5.11 Å². The highest BCUT2D eigenvalue weighted by Crippen LogP contribution is 2.22. The van der Waals surface area contributed by atoms with Crippen LogP contribution in [0.4, 0.5) is 0 Å². The summed E-state index contributed by atoms with van der Waals surface area (Å²) in [5, 5.41) is 17.8. The largest absolute Gasteiger partial charge is 0.508 e. The van der Waals surface area contributed by atoms with Crippen molar-refractivity contribution in [2.45, 2.75) is 26.7 Å². The van der Waals surface area contributed by atoms with Crippen LogP contribution in [0.5, 0.6) is 5.75 Å². The predicted molar refractivity (Wildman–Crippen MR) is 58.8 cm³/mol. The summed E-state index contributed by atoms with van der Waals surface area (Å²) >= 11 is 0. The second-order valence-corrected chi connectivity index (χ2v) is 3.77. The third-order valence-corrected chi connectivity index (χ3v) is 2.36. The van der Waals surface area contributed by atoms with Crippen molar-refractivity contribution in [1.29, 1.82) is 0 Å². The zero-order valence-electron chi connectivity index (χ0n) is 9.28. The van der Waals surface area contributed by atoms with Crippen molar-refractivity contribution in [2.75, 3.05) is 0 Å². The van der Waals surface area contributed by atoms with Crippen LogP contribution >= 0.6 is 0 Å². The molecule has 2 N–H and O–H groups in total. The Morgan fingerprint density at radius 1 is 1.12 bits per heavy atom. The summed E-state index contributed by atoms with van der Waals surface area (Å²) in [6, 6.07) is 3.00. The SMILES string of the molecule is Cc1cc(O)cc(C)c1C(=O)CCC(=O)O. The molecule has 0 aliphatic rings. The Hall–Kier alpha value is -1.84. The van der Waals surface area contributed by atoms with E-state index in [-0.39, 0.29) is 24.4 Å². The third-order valence-electron chi connectivity index (χ3n) is 2.36. The van der Waals surface area contributed by atoms with Gasteiger partial charge >= 0.3 is 5.97 Å². The highest BCUT2D eigenvalue weighted by Gasteiger charge is 2.14. The minimum Gasteiger partial charge on any atom is -0.508 e. The minimum absolute atomic E-state index is 0.0121. The van der Waals surface area contributed by atoms with E-state index in [9.17, 15) is 14.7 Å². The number of hydrogen-bond donors (Lipinski definition) is 2. The van der Waals surface area contributed by atoms with Crippen molar-refractivity contribution in [3.8, 4) is 5.75 Å². The van der Waals surface area contributed by atoms with Crippen molar-refractivity contribution < 1.29 is 19.8 Å². The van der Waals surface area contributed by atoms with Gasteiger partial charge in [0.25, 0.3) is 0 Å². The number of Topliss-reactive ketones (excluding diaryl/α,β-unsaturated/α-hetero) is 1. The number of carboxylic acid groups (broad SMARTS) is 1. The summed E-state index contributed by atoms with van der Waals surface area (Å²) < 4.78 is 0. The van der Waals surface area contributed by atoms with Crippen molar-refractivity contribution >= 4 is 11.8 Å². The molecule has 0 aliphatic heterocycles. The molecule has 0 radical (unpaired) electrons. The predicted octanol–water partition coefficient (Wildman–Crippen LogP) is 2.06. The molecule has 0 bridgehead atoms. The summed E-state index contributed by atoms with van der Waals surface area (Å²) in [5.74, 6) is -1.07. The molecule has 4 nitrogen and oxygen atoms in total. The van der Waals surface area contributed by atoms with Gasteiger partial charge in [0.05, 0.1) is 6.42 Å². The Bertz CT molecular complexity index is 412. The first-order valence-electron chi connectivity index (χ1n) is 4.97. The van der Waals surface area contributed by atoms with Gasteiger partial charge in [0.15, 0.2) is 5.78 Å². The lowest BCUT2D eigenvalue weighted by molar-refractivity contribution is -0.136. The second kappa shape index (κ2) is 4.79. The first-order valence-corrected chi connectivity index (χ1v) is 4.97. The maximum atomic E-state index is 11.8. The van der Waals surface area contributed by atoms with Gasteiger partial charge in [-0.1, -0.05) is 0 Å². The average Bonchev–Trinajstić information content (AvgIpc) is 2.12. The van der Waals surface area contributed by atoms with Crippen LogP contribution in [-0.2, 0) is 4.79 Å². The van der Waals surface area contributed by atoms with E-state index >= 15 is 0 Å². The van der Waals surface area contributed by atoms with Gasteiger partial charge in [0.2, 0.25) is 0 Å². The number of rotatable bonds is 4. The lowest BCUT2D eigenvalue weighted by Crippen LogP contribution is -2.07. The van der Waals surface area contributed by atoms with E-state index in [1.165, 1.54) is 12.1 Å². The molecule has 0 unspecified atom stereocenters. The van der Waals surface area contributed by atoms with Gasteiger partial charge in [-0.05, 0) is 37.1 Å². The van der Waals surface area contributed by atoms with Crippen LogP contribution in [0.3, 0.4) is 0 Å². The molecule has 0 aliphatic carbocycles. The van der Waals surface area contributed by atoms with Crippen molar-refractivity contribution in [1.82, 2.24) is 0 Å². The Morgan fingerprint density at radius 3 is 2.06 bits per heavy atom. The van der Waals surface area contributed by atoms with Crippen LogP contribution in [0.25, 0.3) is 0 Å². The summed E-state index contributed by atoms with van der Waals surface area (Å²) in [7, 11) is 0. The van der Waals surface area contributed by atoms with Crippen LogP contribution in [-0.4, -0.2) is 22.0 Å². The Morgan fingerprint density at radius 2 is 1.62 bits per heavy atom. The molecule has 0 saturated heterocycles. The highest BCUT2D eigenvalue weighted by atomic mass is 16.4. The summed E-state index contributed by atoms with van der Waals surface area (Å²) in [4.78, 5) is 22.1. The van der Waals surface area contributed by atoms with E-state index < -0.39 is 5.97 Å². The topological polar surface area (TPSA) is 74.6 Å². The number of phenolic OH excluding ortho intramolecular Hbond substituents is 1. The average molecular weight is 222 g/mol. The molecule has 0 atom stereocenters. The second-order valence-electron chi connectivity index (χ2n) is 3.77.